The van der Waals surface area contributed by atoms with Gasteiger partial charge >= 0.3 is 0 Å². The average Bonchev–Trinajstić information content (AvgIpc) is 3.54. The Morgan fingerprint density at radius 2 is 2.03 bits per heavy atom. The molecule has 0 fully saturated rings. The second kappa shape index (κ2) is 10.0. The lowest BCUT2D eigenvalue weighted by molar-refractivity contribution is 0.628. The third kappa shape index (κ3) is 4.69. The lowest BCUT2D eigenvalue weighted by Gasteiger charge is -2.10. The molecule has 0 aliphatic rings. The van der Waals surface area contributed by atoms with E-state index in [9.17, 15) is 4.39 Å². The summed E-state index contributed by atoms with van der Waals surface area (Å²) in [7, 11) is 0. The smallest absolute Gasteiger partial charge is 0.178 e. The zero-order valence-electron chi connectivity index (χ0n) is 20.6. The minimum Gasteiger partial charge on any atom is -0.359 e. The van der Waals surface area contributed by atoms with E-state index in [4.69, 9.17) is 4.98 Å². The van der Waals surface area contributed by atoms with E-state index in [0.29, 0.717) is 28.2 Å². The highest BCUT2D eigenvalue weighted by Gasteiger charge is 2.17. The number of H-pyrrole nitrogens is 2. The van der Waals surface area contributed by atoms with E-state index in [0.717, 1.165) is 45.7 Å². The van der Waals surface area contributed by atoms with Crippen molar-refractivity contribution in [3.8, 4) is 22.6 Å². The van der Waals surface area contributed by atoms with Gasteiger partial charge in [-0.15, -0.1) is 0 Å². The highest BCUT2D eigenvalue weighted by Crippen LogP contribution is 2.31. The number of fused-ring (bicyclic) bond motifs is 2. The van der Waals surface area contributed by atoms with E-state index in [1.54, 1.807) is 18.3 Å². The Hall–Kier alpha value is -4.85. The van der Waals surface area contributed by atoms with Gasteiger partial charge in [-0.3, -0.25) is 5.10 Å². The Labute approximate surface area is 213 Å². The first-order chi connectivity index (χ1) is 18.0. The van der Waals surface area contributed by atoms with Crippen molar-refractivity contribution in [2.45, 2.75) is 20.3 Å². The molecule has 4 aromatic heterocycles. The van der Waals surface area contributed by atoms with Crippen LogP contribution in [0.1, 0.15) is 26.0 Å². The molecule has 0 spiro atoms. The molecule has 0 radical (unpaired) electrons. The molecular formula is C29H26FN7. The van der Waals surface area contributed by atoms with Crippen molar-refractivity contribution in [2.24, 2.45) is 0 Å². The molecule has 184 valence electrons. The number of nitrogens with zero attached hydrogens (tertiary/aromatic N) is 4. The predicted molar refractivity (Wildman–Crippen MR) is 147 cm³/mol. The van der Waals surface area contributed by atoms with Crippen LogP contribution in [0, 0.1) is 5.82 Å². The number of allylic oxidation sites excluding steroid dienone is 5. The third-order valence-corrected chi connectivity index (χ3v) is 6.05. The molecule has 0 aliphatic heterocycles. The Morgan fingerprint density at radius 1 is 1.16 bits per heavy atom. The summed E-state index contributed by atoms with van der Waals surface area (Å²) >= 11 is 0. The van der Waals surface area contributed by atoms with Gasteiger partial charge in [0.2, 0.25) is 0 Å². The number of aromatic nitrogens is 6. The number of halogens is 1. The Kier molecular flexibility index (Phi) is 6.47. The highest BCUT2D eigenvalue weighted by molar-refractivity contribution is 5.95. The van der Waals surface area contributed by atoms with Crippen molar-refractivity contribution in [1.82, 2.24) is 35.5 Å². The topological polar surface area (TPSA) is 95.2 Å². The van der Waals surface area contributed by atoms with E-state index in [2.05, 4.69) is 43.6 Å². The number of hydrogen-bond donors (Lipinski definition) is 3. The Morgan fingerprint density at radius 3 is 2.78 bits per heavy atom. The first-order valence-corrected chi connectivity index (χ1v) is 11.9. The summed E-state index contributed by atoms with van der Waals surface area (Å²) in [6.07, 6.45) is 8.20. The molecule has 0 unspecified atom stereocenters. The maximum absolute atomic E-state index is 13.9. The molecule has 0 bridgehead atoms. The average molecular weight is 492 g/mol. The summed E-state index contributed by atoms with van der Waals surface area (Å²) in [6, 6.07) is 12.2. The first-order valence-electron chi connectivity index (χ1n) is 11.9. The van der Waals surface area contributed by atoms with Gasteiger partial charge < -0.3 is 10.3 Å². The number of rotatable bonds is 8. The van der Waals surface area contributed by atoms with Gasteiger partial charge in [-0.25, -0.2) is 19.3 Å². The summed E-state index contributed by atoms with van der Waals surface area (Å²) in [5.41, 5.74) is 8.19. The molecule has 37 heavy (non-hydrogen) atoms. The van der Waals surface area contributed by atoms with Gasteiger partial charge in [0, 0.05) is 23.2 Å². The van der Waals surface area contributed by atoms with Crippen LogP contribution in [0.25, 0.3) is 50.4 Å². The number of pyridine rings is 2. The van der Waals surface area contributed by atoms with Crippen LogP contribution in [0.2, 0.25) is 0 Å². The third-order valence-electron chi connectivity index (χ3n) is 6.05. The Bertz CT molecular complexity index is 1700. The van der Waals surface area contributed by atoms with E-state index in [1.165, 1.54) is 12.1 Å². The van der Waals surface area contributed by atoms with Crippen molar-refractivity contribution < 1.29 is 4.39 Å². The van der Waals surface area contributed by atoms with Gasteiger partial charge in [-0.1, -0.05) is 38.3 Å². The largest absolute Gasteiger partial charge is 0.359 e. The van der Waals surface area contributed by atoms with Gasteiger partial charge in [0.25, 0.3) is 0 Å². The normalized spacial score (nSPS) is 12.3. The fourth-order valence-corrected chi connectivity index (χ4v) is 4.06. The minimum atomic E-state index is -0.306. The summed E-state index contributed by atoms with van der Waals surface area (Å²) in [5, 5.41) is 10.8. The molecule has 5 rings (SSSR count). The molecular weight excluding hydrogens is 465 g/mol. The lowest BCUT2D eigenvalue weighted by atomic mass is 10.1. The molecule has 1 aromatic carbocycles. The summed E-state index contributed by atoms with van der Waals surface area (Å²) in [6.45, 7) is 11.9. The second-order valence-corrected chi connectivity index (χ2v) is 8.45. The van der Waals surface area contributed by atoms with Gasteiger partial charge in [0.1, 0.15) is 11.3 Å². The van der Waals surface area contributed by atoms with E-state index in [1.807, 2.05) is 50.3 Å². The number of aromatic amines is 2. The molecule has 8 heteroatoms. The zero-order chi connectivity index (χ0) is 25.9. The maximum atomic E-state index is 13.9. The van der Waals surface area contributed by atoms with Crippen LogP contribution < -0.4 is 5.32 Å². The van der Waals surface area contributed by atoms with Crippen LogP contribution in [-0.4, -0.2) is 30.1 Å². The monoisotopic (exact) mass is 491 g/mol. The molecule has 5 aromatic rings. The molecule has 3 N–H and O–H groups in total. The van der Waals surface area contributed by atoms with Crippen LogP contribution in [0.15, 0.2) is 91.4 Å². The zero-order valence-corrected chi connectivity index (χ0v) is 20.6. The van der Waals surface area contributed by atoms with E-state index >= 15 is 0 Å². The van der Waals surface area contributed by atoms with Gasteiger partial charge in [0.15, 0.2) is 17.2 Å². The van der Waals surface area contributed by atoms with Crippen molar-refractivity contribution in [3.63, 3.8) is 0 Å². The number of hydrogen-bond acceptors (Lipinski definition) is 5. The van der Waals surface area contributed by atoms with E-state index in [-0.39, 0.29) is 5.82 Å². The fraction of sp³-hybridized carbons (Fsp3) is 0.103. The first kappa shape index (κ1) is 23.9. The molecule has 7 nitrogen and oxygen atoms in total. The van der Waals surface area contributed by atoms with Gasteiger partial charge in [-0.2, -0.15) is 5.10 Å². The van der Waals surface area contributed by atoms with Crippen LogP contribution in [0.4, 0.5) is 4.39 Å². The van der Waals surface area contributed by atoms with E-state index < -0.39 is 0 Å². The van der Waals surface area contributed by atoms with Crippen molar-refractivity contribution in [2.75, 3.05) is 0 Å². The predicted octanol–water partition coefficient (Wildman–Crippen LogP) is 6.69. The van der Waals surface area contributed by atoms with Crippen LogP contribution in [-0.2, 0) is 0 Å². The SMILES string of the molecule is C=C/C(=C\C(=C/C)c1ccc2[nH]nc(-c3nc4nccc(-c5cccc(F)c5)c4[nH]3)c2n1)NC(=C)CC. The molecule has 0 amide bonds. The standard InChI is InChI=1S/C29H26FN7/c1-5-17(4)32-21(7-3)16-18(6-2)23-11-12-24-26(33-23)27(37-36-24)29-34-25-22(13-14-31-28(25)35-29)19-9-8-10-20(30)15-19/h6-16,32H,3-5H2,1-2H3,(H,36,37)(H,31,34,35)/b18-6+,21-16+. The second-order valence-electron chi connectivity index (χ2n) is 8.45. The van der Waals surface area contributed by atoms with Crippen LogP contribution in [0.3, 0.4) is 0 Å². The number of imidazole rings is 1. The van der Waals surface area contributed by atoms with Crippen molar-refractivity contribution in [1.29, 1.82) is 0 Å². The number of nitrogens with one attached hydrogen (secondary N) is 3. The maximum Gasteiger partial charge on any atom is 0.178 e. The summed E-state index contributed by atoms with van der Waals surface area (Å²) < 4.78 is 13.9. The van der Waals surface area contributed by atoms with Crippen molar-refractivity contribution in [3.05, 3.63) is 103 Å². The fourth-order valence-electron chi connectivity index (χ4n) is 4.06. The van der Waals surface area contributed by atoms with Gasteiger partial charge in [-0.05, 0) is 67.0 Å². The van der Waals surface area contributed by atoms with Gasteiger partial charge in [0.05, 0.1) is 16.7 Å². The molecule has 0 aliphatic carbocycles. The van der Waals surface area contributed by atoms with Crippen LogP contribution >= 0.6 is 0 Å². The van der Waals surface area contributed by atoms with Crippen molar-refractivity contribution >= 4 is 27.8 Å². The lowest BCUT2D eigenvalue weighted by Crippen LogP contribution is -2.09. The molecule has 4 heterocycles. The molecule has 0 atom stereocenters. The minimum absolute atomic E-state index is 0.306. The summed E-state index contributed by atoms with van der Waals surface area (Å²) in [4.78, 5) is 17.3. The quantitative estimate of drug-likeness (QED) is 0.210. The molecule has 0 saturated heterocycles. The van der Waals surface area contributed by atoms with Crippen LogP contribution in [0.5, 0.6) is 0 Å². The highest BCUT2D eigenvalue weighted by atomic mass is 19.1. The Balaban J connectivity index is 1.58. The number of benzene rings is 1. The molecule has 0 saturated carbocycles. The summed E-state index contributed by atoms with van der Waals surface area (Å²) in [5.74, 6) is 0.215.